The highest BCUT2D eigenvalue weighted by Crippen LogP contribution is 2.36. The lowest BCUT2D eigenvalue weighted by atomic mass is 9.88. The molecule has 0 spiro atoms. The van der Waals surface area contributed by atoms with Crippen molar-refractivity contribution in [3.05, 3.63) is 53.1 Å². The van der Waals surface area contributed by atoms with Crippen molar-refractivity contribution >= 4 is 17.5 Å². The van der Waals surface area contributed by atoms with Gasteiger partial charge in [0.05, 0.1) is 11.6 Å². The Morgan fingerprint density at radius 1 is 1.23 bits per heavy atom. The first-order valence-electron chi connectivity index (χ1n) is 9.32. The third-order valence-corrected chi connectivity index (χ3v) is 5.41. The molecule has 0 bridgehead atoms. The lowest BCUT2D eigenvalue weighted by Gasteiger charge is -2.45. The third-order valence-electron chi connectivity index (χ3n) is 5.11. The molecule has 1 fully saturated rings. The molecular weight excluding hydrogens is 414 g/mol. The van der Waals surface area contributed by atoms with Crippen molar-refractivity contribution in [3.8, 4) is 16.9 Å². The number of nitrogens with one attached hydrogen (secondary N) is 1. The van der Waals surface area contributed by atoms with Crippen LogP contribution in [0.5, 0.6) is 5.75 Å². The van der Waals surface area contributed by atoms with Gasteiger partial charge in [-0.3, -0.25) is 4.79 Å². The summed E-state index contributed by atoms with van der Waals surface area (Å²) in [4.78, 5) is 11.9. The number of amides is 1. The van der Waals surface area contributed by atoms with Gasteiger partial charge in [-0.2, -0.15) is 0 Å². The number of hydrogen-bond donors (Lipinski definition) is 5. The standard InChI is InChI=1S/C21H24ClNO7/c1-21(28)18(26)17(25)16(10-24)30-20(21)29-15-7-6-12(9-14(15)22)11-4-3-5-13(8-11)19(27)23-2/h3-9,16-18,20,24-26,28H,10H2,1-2H3,(H,23,27). The molecular formula is C21H24ClNO7. The van der Waals surface area contributed by atoms with Crippen molar-refractivity contribution in [1.29, 1.82) is 0 Å². The first-order valence-corrected chi connectivity index (χ1v) is 9.70. The molecule has 162 valence electrons. The molecule has 3 rings (SSSR count). The van der Waals surface area contributed by atoms with Gasteiger partial charge in [-0.1, -0.05) is 29.8 Å². The number of aliphatic hydroxyl groups excluding tert-OH is 3. The Kier molecular flexibility index (Phi) is 6.66. The normalized spacial score (nSPS) is 28.8. The molecule has 1 amide bonds. The van der Waals surface area contributed by atoms with E-state index in [0.717, 1.165) is 11.1 Å². The third kappa shape index (κ3) is 4.29. The van der Waals surface area contributed by atoms with Crippen molar-refractivity contribution in [1.82, 2.24) is 5.32 Å². The number of carbonyl (C=O) groups excluding carboxylic acids is 1. The summed E-state index contributed by atoms with van der Waals surface area (Å²) >= 11 is 6.35. The number of benzene rings is 2. The minimum atomic E-state index is -1.95. The summed E-state index contributed by atoms with van der Waals surface area (Å²) in [5, 5.41) is 42.8. The van der Waals surface area contributed by atoms with Gasteiger partial charge in [0.25, 0.3) is 5.91 Å². The molecule has 9 heteroatoms. The van der Waals surface area contributed by atoms with E-state index in [4.69, 9.17) is 21.1 Å². The Morgan fingerprint density at radius 3 is 2.57 bits per heavy atom. The van der Waals surface area contributed by atoms with Gasteiger partial charge in [0.2, 0.25) is 6.29 Å². The fraction of sp³-hybridized carbons (Fsp3) is 0.381. The molecule has 2 aromatic carbocycles. The van der Waals surface area contributed by atoms with Gasteiger partial charge in [0.15, 0.2) is 5.60 Å². The van der Waals surface area contributed by atoms with E-state index in [1.165, 1.54) is 6.92 Å². The predicted octanol–water partition coefficient (Wildman–Crippen LogP) is 0.935. The van der Waals surface area contributed by atoms with Gasteiger partial charge in [-0.05, 0) is 42.3 Å². The zero-order valence-electron chi connectivity index (χ0n) is 16.4. The summed E-state index contributed by atoms with van der Waals surface area (Å²) in [5.41, 5.74) is 0.0535. The van der Waals surface area contributed by atoms with Crippen LogP contribution in [0, 0.1) is 0 Å². The minimum Gasteiger partial charge on any atom is -0.460 e. The average molecular weight is 438 g/mol. The highest BCUT2D eigenvalue weighted by Gasteiger charge is 2.53. The van der Waals surface area contributed by atoms with E-state index in [1.54, 1.807) is 43.4 Å². The maximum absolute atomic E-state index is 11.9. The lowest BCUT2D eigenvalue weighted by Crippen LogP contribution is -2.66. The number of ether oxygens (including phenoxy) is 2. The van der Waals surface area contributed by atoms with Gasteiger partial charge in [0.1, 0.15) is 24.1 Å². The van der Waals surface area contributed by atoms with Gasteiger partial charge < -0.3 is 35.2 Å². The highest BCUT2D eigenvalue weighted by molar-refractivity contribution is 6.32. The van der Waals surface area contributed by atoms with Crippen LogP contribution in [0.1, 0.15) is 17.3 Å². The molecule has 5 atom stereocenters. The molecule has 0 aromatic heterocycles. The van der Waals surface area contributed by atoms with Gasteiger partial charge in [-0.25, -0.2) is 0 Å². The van der Waals surface area contributed by atoms with Gasteiger partial charge in [0, 0.05) is 12.6 Å². The molecule has 1 saturated heterocycles. The molecule has 0 saturated carbocycles. The van der Waals surface area contributed by atoms with Crippen molar-refractivity contribution in [2.45, 2.75) is 37.1 Å². The van der Waals surface area contributed by atoms with E-state index in [2.05, 4.69) is 5.32 Å². The molecule has 2 aromatic rings. The molecule has 5 N–H and O–H groups in total. The number of hydrogen-bond acceptors (Lipinski definition) is 7. The fourth-order valence-corrected chi connectivity index (χ4v) is 3.46. The van der Waals surface area contributed by atoms with Crippen LogP contribution in [-0.2, 0) is 4.74 Å². The minimum absolute atomic E-state index is 0.174. The van der Waals surface area contributed by atoms with Crippen LogP contribution in [0.25, 0.3) is 11.1 Å². The summed E-state index contributed by atoms with van der Waals surface area (Å²) in [6.45, 7) is 0.689. The molecule has 0 radical (unpaired) electrons. The topological polar surface area (TPSA) is 128 Å². The van der Waals surface area contributed by atoms with E-state index in [0.29, 0.717) is 5.56 Å². The van der Waals surface area contributed by atoms with E-state index in [9.17, 15) is 25.2 Å². The van der Waals surface area contributed by atoms with Crippen molar-refractivity contribution < 1.29 is 34.7 Å². The van der Waals surface area contributed by atoms with E-state index >= 15 is 0 Å². The number of rotatable bonds is 5. The molecule has 5 unspecified atom stereocenters. The largest absolute Gasteiger partial charge is 0.460 e. The molecule has 8 nitrogen and oxygen atoms in total. The SMILES string of the molecule is CNC(=O)c1cccc(-c2ccc(OC3OC(CO)C(O)C(O)C3(C)O)c(Cl)c2)c1. The number of carbonyl (C=O) groups is 1. The van der Waals surface area contributed by atoms with E-state index < -0.39 is 36.8 Å². The Balaban J connectivity index is 1.85. The predicted molar refractivity (Wildman–Crippen MR) is 109 cm³/mol. The Morgan fingerprint density at radius 2 is 1.93 bits per heavy atom. The first kappa shape index (κ1) is 22.5. The van der Waals surface area contributed by atoms with Crippen LogP contribution in [0.15, 0.2) is 42.5 Å². The summed E-state index contributed by atoms with van der Waals surface area (Å²) in [7, 11) is 1.55. The van der Waals surface area contributed by atoms with Crippen LogP contribution in [0.3, 0.4) is 0 Å². The lowest BCUT2D eigenvalue weighted by molar-refractivity contribution is -0.314. The second-order valence-corrected chi connectivity index (χ2v) is 7.68. The van der Waals surface area contributed by atoms with Crippen molar-refractivity contribution in [2.24, 2.45) is 0 Å². The van der Waals surface area contributed by atoms with E-state index in [1.807, 2.05) is 6.07 Å². The number of halogens is 1. The Hall–Kier alpha value is -2.20. The number of aliphatic hydroxyl groups is 4. The second-order valence-electron chi connectivity index (χ2n) is 7.27. The van der Waals surface area contributed by atoms with Gasteiger partial charge >= 0.3 is 0 Å². The molecule has 1 aliphatic heterocycles. The summed E-state index contributed by atoms with van der Waals surface area (Å²) < 4.78 is 11.1. The molecule has 30 heavy (non-hydrogen) atoms. The Bertz CT molecular complexity index is 920. The van der Waals surface area contributed by atoms with Crippen LogP contribution in [0.4, 0.5) is 0 Å². The van der Waals surface area contributed by atoms with Crippen LogP contribution >= 0.6 is 11.6 Å². The monoisotopic (exact) mass is 437 g/mol. The van der Waals surface area contributed by atoms with Crippen molar-refractivity contribution in [3.63, 3.8) is 0 Å². The average Bonchev–Trinajstić information content (AvgIpc) is 2.75. The summed E-state index contributed by atoms with van der Waals surface area (Å²) in [6.07, 6.45) is -5.59. The highest BCUT2D eigenvalue weighted by atomic mass is 35.5. The maximum Gasteiger partial charge on any atom is 0.251 e. The van der Waals surface area contributed by atoms with Crippen molar-refractivity contribution in [2.75, 3.05) is 13.7 Å². The molecule has 1 aliphatic rings. The summed E-state index contributed by atoms with van der Waals surface area (Å²) in [6, 6.07) is 11.9. The smallest absolute Gasteiger partial charge is 0.251 e. The quantitative estimate of drug-likeness (QED) is 0.470. The molecule has 1 heterocycles. The van der Waals surface area contributed by atoms with Crippen LogP contribution in [-0.4, -0.2) is 70.2 Å². The second kappa shape index (κ2) is 8.89. The zero-order chi connectivity index (χ0) is 22.1. The summed E-state index contributed by atoms with van der Waals surface area (Å²) in [5.74, 6) is -0.0350. The fourth-order valence-electron chi connectivity index (χ4n) is 3.24. The van der Waals surface area contributed by atoms with Crippen LogP contribution in [0.2, 0.25) is 5.02 Å². The first-order chi connectivity index (χ1) is 14.2. The van der Waals surface area contributed by atoms with Gasteiger partial charge in [-0.15, -0.1) is 0 Å². The van der Waals surface area contributed by atoms with Crippen LogP contribution < -0.4 is 10.1 Å². The maximum atomic E-state index is 11.9. The zero-order valence-corrected chi connectivity index (χ0v) is 17.2. The van der Waals surface area contributed by atoms with E-state index in [-0.39, 0.29) is 16.7 Å². The molecule has 0 aliphatic carbocycles. The Labute approximate surface area is 178 Å².